The maximum absolute atomic E-state index is 12.4. The number of amides is 1. The standard InChI is InChI=1S/C19H25N3O4S/c1-22(2)12-11-21-27(24,25)18-6-4-5-16(13-18)19(23)20-14-15-7-9-17(26-3)10-8-15/h4-10,13,21H,11-12,14H2,1-3H3,(H,20,23). The molecule has 2 rings (SSSR count). The van der Waals surface area contributed by atoms with Crippen molar-refractivity contribution < 1.29 is 17.9 Å². The van der Waals surface area contributed by atoms with Crippen molar-refractivity contribution in [1.82, 2.24) is 14.9 Å². The third kappa shape index (κ3) is 6.35. The van der Waals surface area contributed by atoms with Crippen molar-refractivity contribution in [3.8, 4) is 5.75 Å². The highest BCUT2D eigenvalue weighted by Gasteiger charge is 2.16. The number of nitrogens with one attached hydrogen (secondary N) is 2. The second kappa shape index (κ2) is 9.50. The van der Waals surface area contributed by atoms with E-state index in [1.165, 1.54) is 12.1 Å². The summed E-state index contributed by atoms with van der Waals surface area (Å²) in [5.74, 6) is 0.404. The number of sulfonamides is 1. The van der Waals surface area contributed by atoms with Gasteiger partial charge in [0, 0.05) is 25.2 Å². The fourth-order valence-electron chi connectivity index (χ4n) is 2.32. The number of carbonyl (C=O) groups excluding carboxylic acids is 1. The van der Waals surface area contributed by atoms with E-state index < -0.39 is 10.0 Å². The van der Waals surface area contributed by atoms with E-state index >= 15 is 0 Å². The minimum absolute atomic E-state index is 0.0679. The fraction of sp³-hybridized carbons (Fsp3) is 0.316. The van der Waals surface area contributed by atoms with Crippen LogP contribution in [0.4, 0.5) is 0 Å². The molecule has 0 fully saturated rings. The molecule has 0 saturated heterocycles. The Morgan fingerprint density at radius 1 is 1.11 bits per heavy atom. The molecule has 0 saturated carbocycles. The van der Waals surface area contributed by atoms with E-state index in [-0.39, 0.29) is 10.8 Å². The Hall–Kier alpha value is -2.42. The molecule has 0 atom stereocenters. The minimum Gasteiger partial charge on any atom is -0.497 e. The van der Waals surface area contributed by atoms with Gasteiger partial charge < -0.3 is 15.0 Å². The van der Waals surface area contributed by atoms with Crippen LogP contribution in [0.5, 0.6) is 5.75 Å². The Morgan fingerprint density at radius 2 is 1.81 bits per heavy atom. The highest BCUT2D eigenvalue weighted by Crippen LogP contribution is 2.13. The third-order valence-electron chi connectivity index (χ3n) is 3.87. The van der Waals surface area contributed by atoms with Gasteiger partial charge in [0.05, 0.1) is 12.0 Å². The molecule has 0 aliphatic carbocycles. The van der Waals surface area contributed by atoms with E-state index in [1.54, 1.807) is 19.2 Å². The Balaban J connectivity index is 2.01. The van der Waals surface area contributed by atoms with Gasteiger partial charge in [-0.15, -0.1) is 0 Å². The lowest BCUT2D eigenvalue weighted by atomic mass is 10.2. The lowest BCUT2D eigenvalue weighted by molar-refractivity contribution is 0.0950. The largest absolute Gasteiger partial charge is 0.497 e. The second-order valence-electron chi connectivity index (χ2n) is 6.26. The molecule has 0 aliphatic heterocycles. The molecule has 0 heterocycles. The van der Waals surface area contributed by atoms with Gasteiger partial charge in [-0.1, -0.05) is 18.2 Å². The first-order chi connectivity index (χ1) is 12.8. The predicted octanol–water partition coefficient (Wildman–Crippen LogP) is 1.47. The predicted molar refractivity (Wildman–Crippen MR) is 104 cm³/mol. The van der Waals surface area contributed by atoms with Crippen molar-refractivity contribution in [3.63, 3.8) is 0 Å². The Morgan fingerprint density at radius 3 is 2.44 bits per heavy atom. The number of methoxy groups -OCH3 is 1. The third-order valence-corrected chi connectivity index (χ3v) is 5.33. The van der Waals surface area contributed by atoms with Crippen LogP contribution in [0.2, 0.25) is 0 Å². The topological polar surface area (TPSA) is 87.7 Å². The molecule has 2 aromatic rings. The lowest BCUT2D eigenvalue weighted by Gasteiger charge is -2.12. The van der Waals surface area contributed by atoms with E-state index in [9.17, 15) is 13.2 Å². The van der Waals surface area contributed by atoms with Crippen LogP contribution >= 0.6 is 0 Å². The summed E-state index contributed by atoms with van der Waals surface area (Å²) in [5, 5.41) is 2.79. The highest BCUT2D eigenvalue weighted by atomic mass is 32.2. The number of ether oxygens (including phenoxy) is 1. The first-order valence-corrected chi connectivity index (χ1v) is 9.96. The zero-order valence-electron chi connectivity index (χ0n) is 15.7. The maximum atomic E-state index is 12.4. The molecule has 27 heavy (non-hydrogen) atoms. The van der Waals surface area contributed by atoms with Crippen molar-refractivity contribution in [1.29, 1.82) is 0 Å². The number of hydrogen-bond donors (Lipinski definition) is 2. The smallest absolute Gasteiger partial charge is 0.251 e. The molecule has 0 unspecified atom stereocenters. The van der Waals surface area contributed by atoms with Crippen molar-refractivity contribution in [2.45, 2.75) is 11.4 Å². The fourth-order valence-corrected chi connectivity index (χ4v) is 3.39. The van der Waals surface area contributed by atoms with Gasteiger partial charge in [-0.05, 0) is 50.0 Å². The molecule has 0 aromatic heterocycles. The molecule has 1 amide bonds. The van der Waals surface area contributed by atoms with Crippen LogP contribution in [0.15, 0.2) is 53.4 Å². The summed E-state index contributed by atoms with van der Waals surface area (Å²) in [6.45, 7) is 1.21. The van der Waals surface area contributed by atoms with Crippen LogP contribution in [0.25, 0.3) is 0 Å². The van der Waals surface area contributed by atoms with E-state index in [0.29, 0.717) is 25.2 Å². The summed E-state index contributed by atoms with van der Waals surface area (Å²) in [4.78, 5) is 14.3. The van der Waals surface area contributed by atoms with Crippen molar-refractivity contribution >= 4 is 15.9 Å². The van der Waals surface area contributed by atoms with Crippen LogP contribution in [0.3, 0.4) is 0 Å². The molecule has 7 nitrogen and oxygen atoms in total. The molecule has 146 valence electrons. The Bertz CT molecular complexity index is 865. The summed E-state index contributed by atoms with van der Waals surface area (Å²) in [6.07, 6.45) is 0. The van der Waals surface area contributed by atoms with Crippen LogP contribution in [0.1, 0.15) is 15.9 Å². The lowest BCUT2D eigenvalue weighted by Crippen LogP contribution is -2.31. The number of carbonyl (C=O) groups is 1. The summed E-state index contributed by atoms with van der Waals surface area (Å²) < 4.78 is 32.3. The molecule has 2 N–H and O–H groups in total. The molecular weight excluding hydrogens is 366 g/mol. The van der Waals surface area contributed by atoms with Gasteiger partial charge in [0.15, 0.2) is 0 Å². The van der Waals surface area contributed by atoms with Gasteiger partial charge in [-0.2, -0.15) is 0 Å². The number of likely N-dealkylation sites (N-methyl/N-ethyl adjacent to an activating group) is 1. The van der Waals surface area contributed by atoms with Crippen molar-refractivity contribution in [2.75, 3.05) is 34.3 Å². The number of rotatable bonds is 9. The monoisotopic (exact) mass is 391 g/mol. The van der Waals surface area contributed by atoms with E-state index in [2.05, 4.69) is 10.0 Å². The van der Waals surface area contributed by atoms with Crippen molar-refractivity contribution in [3.05, 3.63) is 59.7 Å². The molecule has 0 bridgehead atoms. The van der Waals surface area contributed by atoms with Gasteiger partial charge in [0.25, 0.3) is 5.91 Å². The van der Waals surface area contributed by atoms with Crippen molar-refractivity contribution in [2.24, 2.45) is 0 Å². The Kier molecular flexibility index (Phi) is 7.35. The Labute approximate surface area is 160 Å². The normalized spacial score (nSPS) is 11.4. The quantitative estimate of drug-likeness (QED) is 0.676. The summed E-state index contributed by atoms with van der Waals surface area (Å²) in [6, 6.07) is 13.3. The van der Waals surface area contributed by atoms with Crippen LogP contribution in [-0.2, 0) is 16.6 Å². The first-order valence-electron chi connectivity index (χ1n) is 8.47. The van der Waals surface area contributed by atoms with E-state index in [1.807, 2.05) is 43.3 Å². The average molecular weight is 391 g/mol. The molecule has 2 aromatic carbocycles. The highest BCUT2D eigenvalue weighted by molar-refractivity contribution is 7.89. The molecule has 0 aliphatic rings. The van der Waals surface area contributed by atoms with Gasteiger partial charge >= 0.3 is 0 Å². The molecule has 0 spiro atoms. The SMILES string of the molecule is COc1ccc(CNC(=O)c2cccc(S(=O)(=O)NCCN(C)C)c2)cc1. The van der Waals surface area contributed by atoms with Gasteiger partial charge in [0.1, 0.15) is 5.75 Å². The number of hydrogen-bond acceptors (Lipinski definition) is 5. The average Bonchev–Trinajstić information content (AvgIpc) is 2.66. The zero-order valence-corrected chi connectivity index (χ0v) is 16.5. The van der Waals surface area contributed by atoms with Gasteiger partial charge in [-0.3, -0.25) is 4.79 Å². The maximum Gasteiger partial charge on any atom is 0.251 e. The molecule has 8 heteroatoms. The summed E-state index contributed by atoms with van der Waals surface area (Å²) >= 11 is 0. The minimum atomic E-state index is -3.66. The number of nitrogens with zero attached hydrogens (tertiary/aromatic N) is 1. The summed E-state index contributed by atoms with van der Waals surface area (Å²) in [5.41, 5.74) is 1.21. The molecular formula is C19H25N3O4S. The zero-order chi connectivity index (χ0) is 19.9. The van der Waals surface area contributed by atoms with Crippen LogP contribution < -0.4 is 14.8 Å². The van der Waals surface area contributed by atoms with Gasteiger partial charge in [0.2, 0.25) is 10.0 Å². The van der Waals surface area contributed by atoms with Crippen LogP contribution in [-0.4, -0.2) is 53.5 Å². The first kappa shape index (κ1) is 20.9. The van der Waals surface area contributed by atoms with Crippen LogP contribution in [0, 0.1) is 0 Å². The second-order valence-corrected chi connectivity index (χ2v) is 8.03. The van der Waals surface area contributed by atoms with E-state index in [0.717, 1.165) is 11.3 Å². The van der Waals surface area contributed by atoms with Gasteiger partial charge in [-0.25, -0.2) is 13.1 Å². The summed E-state index contributed by atoms with van der Waals surface area (Å²) in [7, 11) is 1.66. The number of benzene rings is 2. The van der Waals surface area contributed by atoms with E-state index in [4.69, 9.17) is 4.74 Å². The molecule has 0 radical (unpaired) electrons.